The molecule has 0 bridgehead atoms. The van der Waals surface area contributed by atoms with Gasteiger partial charge in [-0.05, 0) is 17.7 Å². The van der Waals surface area contributed by atoms with E-state index in [0.717, 1.165) is 4.90 Å². The molecule has 0 spiro atoms. The lowest BCUT2D eigenvalue weighted by Gasteiger charge is -2.10. The van der Waals surface area contributed by atoms with E-state index in [9.17, 15) is 4.39 Å². The van der Waals surface area contributed by atoms with E-state index in [-0.39, 0.29) is 0 Å². The zero-order valence-corrected chi connectivity index (χ0v) is 10.3. The molecular formula is C11H14ClFOS. The Morgan fingerprint density at radius 1 is 1.47 bits per heavy atom. The van der Waals surface area contributed by atoms with Crippen LogP contribution in [0.3, 0.4) is 0 Å². The molecule has 1 atom stereocenters. The van der Waals surface area contributed by atoms with Crippen molar-refractivity contribution in [1.29, 1.82) is 0 Å². The summed E-state index contributed by atoms with van der Waals surface area (Å²) in [6.45, 7) is 3.63. The number of benzene rings is 1. The lowest BCUT2D eigenvalue weighted by molar-refractivity contribution is 0.180. The van der Waals surface area contributed by atoms with Crippen molar-refractivity contribution in [2.75, 3.05) is 6.61 Å². The van der Waals surface area contributed by atoms with E-state index in [1.54, 1.807) is 30.0 Å². The first-order chi connectivity index (χ1) is 7.04. The van der Waals surface area contributed by atoms with Crippen molar-refractivity contribution in [2.24, 2.45) is 0 Å². The molecule has 1 unspecified atom stereocenters. The lowest BCUT2D eigenvalue weighted by atomic mass is 10.1. The van der Waals surface area contributed by atoms with E-state index in [1.165, 1.54) is 0 Å². The third-order valence-electron chi connectivity index (χ3n) is 1.84. The fraction of sp³-hybridized carbons (Fsp3) is 0.455. The first kappa shape index (κ1) is 12.8. The van der Waals surface area contributed by atoms with Crippen LogP contribution in [-0.4, -0.2) is 17.0 Å². The van der Waals surface area contributed by atoms with Crippen LogP contribution >= 0.6 is 23.4 Å². The molecule has 0 saturated carbocycles. The molecule has 0 aliphatic carbocycles. The van der Waals surface area contributed by atoms with E-state index in [2.05, 4.69) is 13.8 Å². The van der Waals surface area contributed by atoms with Crippen LogP contribution < -0.4 is 0 Å². The first-order valence-corrected chi connectivity index (χ1v) is 6.01. The maximum absolute atomic E-state index is 13.1. The number of thioether (sulfide) groups is 1. The number of rotatable bonds is 4. The molecule has 84 valence electrons. The molecule has 0 saturated heterocycles. The molecule has 0 radical (unpaired) electrons. The van der Waals surface area contributed by atoms with Gasteiger partial charge in [0.1, 0.15) is 6.17 Å². The maximum Gasteiger partial charge on any atom is 0.148 e. The fourth-order valence-electron chi connectivity index (χ4n) is 1.17. The van der Waals surface area contributed by atoms with E-state index in [0.29, 0.717) is 15.8 Å². The molecule has 0 fully saturated rings. The molecule has 4 heteroatoms. The number of halogens is 2. The Hall–Kier alpha value is -0.250. The standard InChI is InChI=1S/C11H14ClFOS/c1-7(2)15-11-4-3-8(5-9(11)12)10(13)6-14/h3-5,7,10,14H,6H2,1-2H3. The number of hydrogen-bond acceptors (Lipinski definition) is 2. The van der Waals surface area contributed by atoms with Crippen molar-refractivity contribution in [3.8, 4) is 0 Å². The fourth-order valence-corrected chi connectivity index (χ4v) is 2.32. The predicted molar refractivity (Wildman–Crippen MR) is 63.4 cm³/mol. The minimum Gasteiger partial charge on any atom is -0.393 e. The first-order valence-electron chi connectivity index (χ1n) is 4.75. The second-order valence-corrected chi connectivity index (χ2v) is 5.53. The van der Waals surface area contributed by atoms with Crippen molar-refractivity contribution in [1.82, 2.24) is 0 Å². The molecule has 0 heterocycles. The summed E-state index contributed by atoms with van der Waals surface area (Å²) in [4.78, 5) is 0.945. The number of hydrogen-bond donors (Lipinski definition) is 1. The van der Waals surface area contributed by atoms with Gasteiger partial charge >= 0.3 is 0 Å². The van der Waals surface area contributed by atoms with Crippen LogP contribution in [0.4, 0.5) is 4.39 Å². The maximum atomic E-state index is 13.1. The number of aliphatic hydroxyl groups excluding tert-OH is 1. The second-order valence-electron chi connectivity index (χ2n) is 3.51. The Labute approximate surface area is 98.6 Å². The Kier molecular flexibility index (Phi) is 4.90. The molecule has 15 heavy (non-hydrogen) atoms. The monoisotopic (exact) mass is 248 g/mol. The molecule has 0 aliphatic heterocycles. The summed E-state index contributed by atoms with van der Waals surface area (Å²) in [6, 6.07) is 5.04. The average Bonchev–Trinajstić information content (AvgIpc) is 2.19. The summed E-state index contributed by atoms with van der Waals surface area (Å²) < 4.78 is 13.1. The highest BCUT2D eigenvalue weighted by atomic mass is 35.5. The number of aliphatic hydroxyl groups is 1. The largest absolute Gasteiger partial charge is 0.393 e. The van der Waals surface area contributed by atoms with Crippen molar-refractivity contribution in [3.05, 3.63) is 28.8 Å². The highest BCUT2D eigenvalue weighted by Crippen LogP contribution is 2.32. The van der Waals surface area contributed by atoms with Crippen molar-refractivity contribution in [3.63, 3.8) is 0 Å². The van der Waals surface area contributed by atoms with Crippen LogP contribution in [0.15, 0.2) is 23.1 Å². The predicted octanol–water partition coefficient (Wildman–Crippen LogP) is 3.84. The minimum absolute atomic E-state index is 0.426. The van der Waals surface area contributed by atoms with E-state index < -0.39 is 12.8 Å². The van der Waals surface area contributed by atoms with Gasteiger partial charge in [0.05, 0.1) is 11.6 Å². The van der Waals surface area contributed by atoms with Crippen molar-refractivity contribution >= 4 is 23.4 Å². The van der Waals surface area contributed by atoms with Crippen LogP contribution in [0.25, 0.3) is 0 Å². The highest BCUT2D eigenvalue weighted by molar-refractivity contribution is 8.00. The lowest BCUT2D eigenvalue weighted by Crippen LogP contribution is -1.97. The van der Waals surface area contributed by atoms with Crippen LogP contribution in [-0.2, 0) is 0 Å². The second kappa shape index (κ2) is 5.73. The minimum atomic E-state index is -1.35. The summed E-state index contributed by atoms with van der Waals surface area (Å²) in [5, 5.41) is 9.65. The third-order valence-corrected chi connectivity index (χ3v) is 3.35. The molecular weight excluding hydrogens is 235 g/mol. The van der Waals surface area contributed by atoms with E-state index in [4.69, 9.17) is 16.7 Å². The highest BCUT2D eigenvalue weighted by Gasteiger charge is 2.11. The zero-order valence-electron chi connectivity index (χ0n) is 8.71. The average molecular weight is 249 g/mol. The Morgan fingerprint density at radius 3 is 2.60 bits per heavy atom. The topological polar surface area (TPSA) is 20.2 Å². The Morgan fingerprint density at radius 2 is 2.13 bits per heavy atom. The van der Waals surface area contributed by atoms with Crippen molar-refractivity contribution in [2.45, 2.75) is 30.2 Å². The van der Waals surface area contributed by atoms with E-state index >= 15 is 0 Å². The van der Waals surface area contributed by atoms with Gasteiger partial charge in [0, 0.05) is 10.1 Å². The summed E-state index contributed by atoms with van der Waals surface area (Å²) in [5.41, 5.74) is 0.426. The Bertz CT molecular complexity index is 330. The SMILES string of the molecule is CC(C)Sc1ccc(C(F)CO)cc1Cl. The quantitative estimate of drug-likeness (QED) is 0.817. The van der Waals surface area contributed by atoms with Crippen LogP contribution in [0.1, 0.15) is 25.6 Å². The van der Waals surface area contributed by atoms with Gasteiger partial charge in [0.25, 0.3) is 0 Å². The van der Waals surface area contributed by atoms with Crippen LogP contribution in [0, 0.1) is 0 Å². The smallest absolute Gasteiger partial charge is 0.148 e. The van der Waals surface area contributed by atoms with Crippen molar-refractivity contribution < 1.29 is 9.50 Å². The summed E-state index contributed by atoms with van der Waals surface area (Å²) in [6.07, 6.45) is -1.35. The van der Waals surface area contributed by atoms with Gasteiger partial charge in [-0.3, -0.25) is 0 Å². The van der Waals surface area contributed by atoms with Gasteiger partial charge in [-0.15, -0.1) is 11.8 Å². The van der Waals surface area contributed by atoms with E-state index in [1.807, 2.05) is 0 Å². The van der Waals surface area contributed by atoms with Crippen LogP contribution in [0.2, 0.25) is 5.02 Å². The molecule has 0 aromatic heterocycles. The molecule has 1 N–H and O–H groups in total. The van der Waals surface area contributed by atoms with Crippen LogP contribution in [0.5, 0.6) is 0 Å². The zero-order chi connectivity index (χ0) is 11.4. The molecule has 1 rings (SSSR count). The Balaban J connectivity index is 2.88. The van der Waals surface area contributed by atoms with Gasteiger partial charge in [0.2, 0.25) is 0 Å². The molecule has 0 amide bonds. The van der Waals surface area contributed by atoms with Gasteiger partial charge < -0.3 is 5.11 Å². The number of alkyl halides is 1. The van der Waals surface area contributed by atoms with Gasteiger partial charge in [0.15, 0.2) is 0 Å². The molecule has 1 aromatic carbocycles. The molecule has 1 nitrogen and oxygen atoms in total. The normalized spacial score (nSPS) is 13.2. The summed E-state index contributed by atoms with van der Waals surface area (Å²) in [7, 11) is 0. The van der Waals surface area contributed by atoms with Gasteiger partial charge in [-0.2, -0.15) is 0 Å². The van der Waals surface area contributed by atoms with Gasteiger partial charge in [-0.1, -0.05) is 31.5 Å². The third kappa shape index (κ3) is 3.67. The summed E-state index contributed by atoms with van der Waals surface area (Å²) in [5.74, 6) is 0. The molecule has 0 aliphatic rings. The van der Waals surface area contributed by atoms with Gasteiger partial charge in [-0.25, -0.2) is 4.39 Å². The molecule has 1 aromatic rings. The summed E-state index contributed by atoms with van der Waals surface area (Å²) >= 11 is 7.64.